The molecule has 2 unspecified atom stereocenters. The monoisotopic (exact) mass is 305 g/mol. The highest BCUT2D eigenvalue weighted by Crippen LogP contribution is 2.70. The maximum Gasteiger partial charge on any atom is 0.355 e. The molecule has 0 spiro atoms. The summed E-state index contributed by atoms with van der Waals surface area (Å²) in [5.74, 6) is -0.0640. The van der Waals surface area contributed by atoms with Gasteiger partial charge in [0.1, 0.15) is 5.01 Å². The van der Waals surface area contributed by atoms with Crippen molar-refractivity contribution < 1.29 is 9.90 Å². The molecule has 0 radical (unpaired) electrons. The van der Waals surface area contributed by atoms with Crippen LogP contribution in [0.15, 0.2) is 0 Å². The zero-order valence-electron chi connectivity index (χ0n) is 13.0. The Morgan fingerprint density at radius 1 is 1.19 bits per heavy atom. The molecule has 4 fully saturated rings. The van der Waals surface area contributed by atoms with Crippen LogP contribution in [0.25, 0.3) is 0 Å². The molecule has 5 rings (SSSR count). The zero-order chi connectivity index (χ0) is 15.0. The molecule has 0 saturated heterocycles. The molecule has 0 aliphatic heterocycles. The van der Waals surface area contributed by atoms with Crippen LogP contribution in [0.2, 0.25) is 0 Å². The fraction of sp³-hybridized carbons (Fsp3) is 0.765. The fourth-order valence-electron chi connectivity index (χ4n) is 6.51. The summed E-state index contributed by atoms with van der Waals surface area (Å²) < 4.78 is 0. The third-order valence-corrected chi connectivity index (χ3v) is 7.30. The van der Waals surface area contributed by atoms with E-state index in [1.54, 1.807) is 11.3 Å². The van der Waals surface area contributed by atoms with Crippen LogP contribution in [0.4, 0.5) is 0 Å². The Hall–Kier alpha value is -0.900. The first-order valence-electron chi connectivity index (χ1n) is 7.94. The lowest BCUT2D eigenvalue weighted by molar-refractivity contribution is -0.110. The maximum absolute atomic E-state index is 11.3. The van der Waals surface area contributed by atoms with Gasteiger partial charge in [-0.25, -0.2) is 9.78 Å². The van der Waals surface area contributed by atoms with E-state index in [0.29, 0.717) is 10.8 Å². The van der Waals surface area contributed by atoms with Crippen LogP contribution in [0, 0.1) is 23.7 Å². The standard InChI is InChI=1S/C17H23NO2S/c1-10-12(13(19)20)18-14(21-10)17-6-11-4-15(2,8-17)7-16(3,5-11)9-17/h11H,4-9H2,1-3H3,(H,19,20). The second-order valence-corrected chi connectivity index (χ2v) is 9.84. The minimum atomic E-state index is -0.878. The zero-order valence-corrected chi connectivity index (χ0v) is 13.8. The van der Waals surface area contributed by atoms with E-state index in [-0.39, 0.29) is 11.1 Å². The molecule has 1 aromatic heterocycles. The van der Waals surface area contributed by atoms with Crippen LogP contribution in [0.3, 0.4) is 0 Å². The molecular weight excluding hydrogens is 282 g/mol. The number of nitrogens with zero attached hydrogens (tertiary/aromatic N) is 1. The van der Waals surface area contributed by atoms with Gasteiger partial charge in [-0.1, -0.05) is 13.8 Å². The first-order chi connectivity index (χ1) is 9.73. The molecule has 1 N–H and O–H groups in total. The van der Waals surface area contributed by atoms with Crippen molar-refractivity contribution in [2.75, 3.05) is 0 Å². The quantitative estimate of drug-likeness (QED) is 0.881. The van der Waals surface area contributed by atoms with Gasteiger partial charge in [-0.15, -0.1) is 11.3 Å². The van der Waals surface area contributed by atoms with Gasteiger partial charge in [-0.05, 0) is 62.2 Å². The Balaban J connectivity index is 1.81. The van der Waals surface area contributed by atoms with Crippen LogP contribution in [-0.4, -0.2) is 16.1 Å². The molecule has 1 aromatic rings. The van der Waals surface area contributed by atoms with Crippen LogP contribution >= 0.6 is 11.3 Å². The van der Waals surface area contributed by atoms with Crippen molar-refractivity contribution in [1.82, 2.24) is 4.98 Å². The van der Waals surface area contributed by atoms with E-state index in [0.717, 1.165) is 15.8 Å². The summed E-state index contributed by atoms with van der Waals surface area (Å²) in [7, 11) is 0. The average molecular weight is 305 g/mol. The van der Waals surface area contributed by atoms with Crippen molar-refractivity contribution in [3.63, 3.8) is 0 Å². The highest BCUT2D eigenvalue weighted by atomic mass is 32.1. The summed E-state index contributed by atoms with van der Waals surface area (Å²) in [4.78, 5) is 16.8. The van der Waals surface area contributed by atoms with Gasteiger partial charge >= 0.3 is 5.97 Å². The normalized spacial score (nSPS) is 44.2. The van der Waals surface area contributed by atoms with Crippen LogP contribution in [0.5, 0.6) is 0 Å². The van der Waals surface area contributed by atoms with E-state index in [1.165, 1.54) is 38.5 Å². The summed E-state index contributed by atoms with van der Waals surface area (Å²) in [5.41, 5.74) is 1.32. The first-order valence-corrected chi connectivity index (χ1v) is 8.76. The number of carboxylic acids is 1. The largest absolute Gasteiger partial charge is 0.476 e. The van der Waals surface area contributed by atoms with E-state index in [4.69, 9.17) is 0 Å². The number of hydrogen-bond donors (Lipinski definition) is 1. The minimum Gasteiger partial charge on any atom is -0.476 e. The summed E-state index contributed by atoms with van der Waals surface area (Å²) >= 11 is 1.64. The fourth-order valence-corrected chi connectivity index (χ4v) is 7.61. The van der Waals surface area contributed by atoms with Gasteiger partial charge in [-0.3, -0.25) is 0 Å². The highest BCUT2D eigenvalue weighted by Gasteiger charge is 2.61. The first kappa shape index (κ1) is 13.7. The number of carboxylic acid groups (broad SMARTS) is 1. The molecule has 4 aliphatic carbocycles. The summed E-state index contributed by atoms with van der Waals surface area (Å²) in [6.45, 7) is 6.79. The second kappa shape index (κ2) is 3.89. The lowest BCUT2D eigenvalue weighted by atomic mass is 9.40. The molecule has 4 saturated carbocycles. The molecular formula is C17H23NO2S. The third kappa shape index (κ3) is 1.91. The molecule has 114 valence electrons. The van der Waals surface area contributed by atoms with Gasteiger partial charge < -0.3 is 5.11 Å². The van der Waals surface area contributed by atoms with E-state index >= 15 is 0 Å². The van der Waals surface area contributed by atoms with Crippen LogP contribution in [-0.2, 0) is 5.41 Å². The predicted octanol–water partition coefficient (Wildman–Crippen LogP) is 4.40. The second-order valence-electron chi connectivity index (χ2n) is 8.64. The summed E-state index contributed by atoms with van der Waals surface area (Å²) in [5, 5.41) is 10.4. The Kier molecular flexibility index (Phi) is 2.55. The molecule has 1 heterocycles. The molecule has 21 heavy (non-hydrogen) atoms. The molecule has 4 bridgehead atoms. The molecule has 0 aromatic carbocycles. The van der Waals surface area contributed by atoms with Crippen LogP contribution in [0.1, 0.15) is 72.7 Å². The van der Waals surface area contributed by atoms with Crippen molar-refractivity contribution in [3.05, 3.63) is 15.6 Å². The number of hydrogen-bond acceptors (Lipinski definition) is 3. The molecule has 2 atom stereocenters. The number of aromatic nitrogens is 1. The van der Waals surface area contributed by atoms with Gasteiger partial charge in [0.15, 0.2) is 5.69 Å². The number of carbonyl (C=O) groups is 1. The third-order valence-electron chi connectivity index (χ3n) is 6.08. The maximum atomic E-state index is 11.3. The minimum absolute atomic E-state index is 0.159. The van der Waals surface area contributed by atoms with Crippen molar-refractivity contribution in [3.8, 4) is 0 Å². The lowest BCUT2D eigenvalue weighted by Crippen LogP contribution is -2.56. The lowest BCUT2D eigenvalue weighted by Gasteiger charge is -2.64. The summed E-state index contributed by atoms with van der Waals surface area (Å²) in [6.07, 6.45) is 7.70. The van der Waals surface area contributed by atoms with Crippen molar-refractivity contribution in [2.45, 2.75) is 64.7 Å². The predicted molar refractivity (Wildman–Crippen MR) is 82.9 cm³/mol. The van der Waals surface area contributed by atoms with Crippen molar-refractivity contribution in [2.24, 2.45) is 16.7 Å². The SMILES string of the molecule is Cc1sc(C23CC4CC(C)(CC(C)(C4)C2)C3)nc1C(=O)O. The smallest absolute Gasteiger partial charge is 0.355 e. The van der Waals surface area contributed by atoms with E-state index < -0.39 is 5.97 Å². The topological polar surface area (TPSA) is 50.2 Å². The van der Waals surface area contributed by atoms with E-state index in [2.05, 4.69) is 18.8 Å². The molecule has 0 amide bonds. The van der Waals surface area contributed by atoms with Gasteiger partial charge in [-0.2, -0.15) is 0 Å². The number of aryl methyl sites for hydroxylation is 1. The van der Waals surface area contributed by atoms with Gasteiger partial charge in [0, 0.05) is 10.3 Å². The van der Waals surface area contributed by atoms with Gasteiger partial charge in [0.25, 0.3) is 0 Å². The summed E-state index contributed by atoms with van der Waals surface area (Å²) in [6, 6.07) is 0. The average Bonchev–Trinajstić information content (AvgIpc) is 2.67. The van der Waals surface area contributed by atoms with E-state index in [1.807, 2.05) is 6.92 Å². The van der Waals surface area contributed by atoms with E-state index in [9.17, 15) is 9.90 Å². The Morgan fingerprint density at radius 2 is 1.81 bits per heavy atom. The Labute approximate surface area is 129 Å². The Morgan fingerprint density at radius 3 is 2.29 bits per heavy atom. The highest BCUT2D eigenvalue weighted by molar-refractivity contribution is 7.12. The number of thiazole rings is 1. The van der Waals surface area contributed by atoms with Crippen LogP contribution < -0.4 is 0 Å². The molecule has 4 aliphatic rings. The van der Waals surface area contributed by atoms with Crippen molar-refractivity contribution >= 4 is 17.3 Å². The number of rotatable bonds is 2. The van der Waals surface area contributed by atoms with Gasteiger partial charge in [0.2, 0.25) is 0 Å². The Bertz CT molecular complexity index is 617. The molecule has 4 heteroatoms. The number of aromatic carboxylic acids is 1. The van der Waals surface area contributed by atoms with Crippen molar-refractivity contribution in [1.29, 1.82) is 0 Å². The molecule has 3 nitrogen and oxygen atoms in total. The van der Waals surface area contributed by atoms with Gasteiger partial charge in [0.05, 0.1) is 0 Å².